The van der Waals surface area contributed by atoms with Gasteiger partial charge in [0.05, 0.1) is 11.2 Å². The Hall–Kier alpha value is -3.10. The van der Waals surface area contributed by atoms with E-state index in [4.69, 9.17) is 0 Å². The molecular formula is C31H34F3N3O2. The molecule has 1 saturated heterocycles. The van der Waals surface area contributed by atoms with Crippen molar-refractivity contribution in [1.29, 1.82) is 0 Å². The average molecular weight is 538 g/mol. The van der Waals surface area contributed by atoms with Crippen molar-refractivity contribution in [2.24, 2.45) is 0 Å². The van der Waals surface area contributed by atoms with Crippen LogP contribution in [0.5, 0.6) is 0 Å². The molecule has 3 N–H and O–H groups in total. The van der Waals surface area contributed by atoms with Gasteiger partial charge in [0.2, 0.25) is 0 Å². The highest BCUT2D eigenvalue weighted by molar-refractivity contribution is 5.95. The predicted molar refractivity (Wildman–Crippen MR) is 143 cm³/mol. The standard InChI is InChI=1S/C31H34F3N3O2/c1-18(2)37(17-20-8-10-22(11-9-20)31(32,33)34)28(38)27-19(3)23-15-30(39)26-14-21-6-4-5-7-24(21)29(30,12-13-35-26)16-25(23)36-27/h4-11,18,26,35-36,39H,12-17H2,1-3H3/t26-,29+,30+/m0/s1. The van der Waals surface area contributed by atoms with Gasteiger partial charge in [-0.1, -0.05) is 36.4 Å². The molecule has 0 spiro atoms. The van der Waals surface area contributed by atoms with E-state index in [9.17, 15) is 23.1 Å². The van der Waals surface area contributed by atoms with Gasteiger partial charge in [0, 0.05) is 42.6 Å². The van der Waals surface area contributed by atoms with E-state index in [1.807, 2.05) is 26.8 Å². The third kappa shape index (κ3) is 3.94. The number of hydrogen-bond donors (Lipinski definition) is 3. The number of aliphatic hydroxyl groups is 1. The number of piperidine rings is 1. The molecule has 0 saturated carbocycles. The molecule has 0 radical (unpaired) electrons. The van der Waals surface area contributed by atoms with Crippen molar-refractivity contribution in [2.75, 3.05) is 6.54 Å². The zero-order valence-electron chi connectivity index (χ0n) is 22.5. The molecule has 3 aromatic rings. The lowest BCUT2D eigenvalue weighted by Gasteiger charge is -2.60. The van der Waals surface area contributed by atoms with Crippen LogP contribution in [0, 0.1) is 6.92 Å². The lowest BCUT2D eigenvalue weighted by molar-refractivity contribution is -0.137. The van der Waals surface area contributed by atoms with Crippen LogP contribution in [-0.2, 0) is 37.4 Å². The minimum Gasteiger partial charge on any atom is -0.387 e. The number of benzene rings is 2. The highest BCUT2D eigenvalue weighted by atomic mass is 19.4. The van der Waals surface area contributed by atoms with E-state index in [1.54, 1.807) is 4.90 Å². The van der Waals surface area contributed by atoms with Crippen LogP contribution in [0.25, 0.3) is 0 Å². The number of fused-ring (bicyclic) bond motifs is 2. The number of aromatic nitrogens is 1. The Kier molecular flexibility index (Phi) is 6.01. The summed E-state index contributed by atoms with van der Waals surface area (Å²) in [5, 5.41) is 15.9. The minimum absolute atomic E-state index is 0.0606. The smallest absolute Gasteiger partial charge is 0.387 e. The Bertz CT molecular complexity index is 1430. The van der Waals surface area contributed by atoms with Crippen molar-refractivity contribution in [2.45, 2.75) is 82.3 Å². The molecule has 1 amide bonds. The largest absolute Gasteiger partial charge is 0.416 e. The van der Waals surface area contributed by atoms with E-state index < -0.39 is 22.8 Å². The number of rotatable bonds is 4. The van der Waals surface area contributed by atoms with Crippen LogP contribution in [0.4, 0.5) is 13.2 Å². The molecular weight excluding hydrogens is 503 g/mol. The Morgan fingerprint density at radius 2 is 1.85 bits per heavy atom. The molecule has 6 rings (SSSR count). The summed E-state index contributed by atoms with van der Waals surface area (Å²) in [6.07, 6.45) is -1.73. The van der Waals surface area contributed by atoms with Gasteiger partial charge in [0.1, 0.15) is 5.69 Å². The molecule has 2 aromatic carbocycles. The SMILES string of the molecule is Cc1c(C(=O)N(Cc2ccc(C(F)(F)F)cc2)C(C)C)[nH]c2c1C[C@@]1(O)[C@@H]3Cc4ccccc4[C@@]1(CCN3)C2. The lowest BCUT2D eigenvalue weighted by atomic mass is 9.50. The first kappa shape index (κ1) is 26.1. The van der Waals surface area contributed by atoms with E-state index in [0.29, 0.717) is 24.1 Å². The quantitative estimate of drug-likeness (QED) is 0.435. The first-order valence-corrected chi connectivity index (χ1v) is 13.7. The number of nitrogens with zero attached hydrogens (tertiary/aromatic N) is 1. The number of halogens is 3. The Morgan fingerprint density at radius 1 is 1.13 bits per heavy atom. The predicted octanol–water partition coefficient (Wildman–Crippen LogP) is 5.08. The average Bonchev–Trinajstić information content (AvgIpc) is 3.19. The van der Waals surface area contributed by atoms with Crippen molar-refractivity contribution in [1.82, 2.24) is 15.2 Å². The van der Waals surface area contributed by atoms with Gasteiger partial charge in [-0.15, -0.1) is 0 Å². The molecule has 3 atom stereocenters. The zero-order valence-corrected chi connectivity index (χ0v) is 22.5. The molecule has 39 heavy (non-hydrogen) atoms. The third-order valence-electron chi connectivity index (χ3n) is 9.43. The molecule has 2 heterocycles. The number of amides is 1. The topological polar surface area (TPSA) is 68.4 Å². The van der Waals surface area contributed by atoms with Gasteiger partial charge < -0.3 is 20.3 Å². The lowest BCUT2D eigenvalue weighted by Crippen LogP contribution is -2.73. The van der Waals surface area contributed by atoms with Crippen molar-refractivity contribution < 1.29 is 23.1 Å². The van der Waals surface area contributed by atoms with Crippen LogP contribution < -0.4 is 5.32 Å². The second-order valence-corrected chi connectivity index (χ2v) is 11.8. The fourth-order valence-corrected chi connectivity index (χ4v) is 7.30. The van der Waals surface area contributed by atoms with E-state index in [1.165, 1.54) is 23.3 Å². The van der Waals surface area contributed by atoms with E-state index in [2.05, 4.69) is 28.5 Å². The van der Waals surface area contributed by atoms with Gasteiger partial charge in [-0.3, -0.25) is 4.79 Å². The molecule has 8 heteroatoms. The van der Waals surface area contributed by atoms with Gasteiger partial charge in [-0.2, -0.15) is 13.2 Å². The van der Waals surface area contributed by atoms with Crippen molar-refractivity contribution >= 4 is 5.91 Å². The number of nitrogens with one attached hydrogen (secondary N) is 2. The van der Waals surface area contributed by atoms with E-state index in [0.717, 1.165) is 48.3 Å². The zero-order chi connectivity index (χ0) is 27.7. The van der Waals surface area contributed by atoms with Crippen molar-refractivity contribution in [3.05, 3.63) is 93.3 Å². The molecule has 1 aliphatic heterocycles. The normalized spacial score (nSPS) is 25.6. The van der Waals surface area contributed by atoms with Gasteiger partial charge in [0.15, 0.2) is 0 Å². The number of carbonyl (C=O) groups excluding carboxylic acids is 1. The summed E-state index contributed by atoms with van der Waals surface area (Å²) in [4.78, 5) is 19.1. The Labute approximate surface area is 226 Å². The first-order valence-electron chi connectivity index (χ1n) is 13.7. The maximum Gasteiger partial charge on any atom is 0.416 e. The second-order valence-electron chi connectivity index (χ2n) is 11.8. The summed E-state index contributed by atoms with van der Waals surface area (Å²) in [6.45, 7) is 6.77. The van der Waals surface area contributed by atoms with Crippen LogP contribution in [0.1, 0.15) is 69.8 Å². The molecule has 206 valence electrons. The number of alkyl halides is 3. The maximum atomic E-state index is 13.9. The maximum absolute atomic E-state index is 13.9. The highest BCUT2D eigenvalue weighted by Crippen LogP contribution is 2.55. The number of hydrogen-bond acceptors (Lipinski definition) is 3. The molecule has 2 bridgehead atoms. The fraction of sp³-hybridized carbons (Fsp3) is 0.452. The fourth-order valence-electron chi connectivity index (χ4n) is 7.30. The van der Waals surface area contributed by atoms with Crippen LogP contribution in [0.3, 0.4) is 0 Å². The number of carbonyl (C=O) groups is 1. The van der Waals surface area contributed by atoms with Crippen LogP contribution in [0.2, 0.25) is 0 Å². The molecule has 0 unspecified atom stereocenters. The summed E-state index contributed by atoms with van der Waals surface area (Å²) in [6, 6.07) is 13.2. The summed E-state index contributed by atoms with van der Waals surface area (Å²) in [5.41, 5.74) is 4.35. The highest BCUT2D eigenvalue weighted by Gasteiger charge is 2.63. The summed E-state index contributed by atoms with van der Waals surface area (Å²) in [5.74, 6) is -0.189. The van der Waals surface area contributed by atoms with Crippen LogP contribution >= 0.6 is 0 Å². The van der Waals surface area contributed by atoms with E-state index in [-0.39, 0.29) is 24.5 Å². The van der Waals surface area contributed by atoms with Gasteiger partial charge in [0.25, 0.3) is 5.91 Å². The first-order chi connectivity index (χ1) is 18.4. The molecule has 5 nitrogen and oxygen atoms in total. The number of aromatic amines is 1. The third-order valence-corrected chi connectivity index (χ3v) is 9.43. The van der Waals surface area contributed by atoms with Crippen molar-refractivity contribution in [3.63, 3.8) is 0 Å². The van der Waals surface area contributed by atoms with Gasteiger partial charge >= 0.3 is 6.18 Å². The Morgan fingerprint density at radius 3 is 2.54 bits per heavy atom. The second kappa shape index (κ2) is 8.96. The minimum atomic E-state index is -4.40. The summed E-state index contributed by atoms with van der Waals surface area (Å²) >= 11 is 0. The molecule has 1 fully saturated rings. The van der Waals surface area contributed by atoms with E-state index >= 15 is 0 Å². The van der Waals surface area contributed by atoms with Crippen LogP contribution in [0.15, 0.2) is 48.5 Å². The van der Waals surface area contributed by atoms with Crippen LogP contribution in [-0.4, -0.2) is 45.1 Å². The molecule has 2 aliphatic carbocycles. The monoisotopic (exact) mass is 537 g/mol. The molecule has 1 aromatic heterocycles. The van der Waals surface area contributed by atoms with Crippen molar-refractivity contribution in [3.8, 4) is 0 Å². The summed E-state index contributed by atoms with van der Waals surface area (Å²) < 4.78 is 39.1. The Balaban J connectivity index is 1.34. The van der Waals surface area contributed by atoms with Gasteiger partial charge in [-0.05, 0) is 80.1 Å². The summed E-state index contributed by atoms with van der Waals surface area (Å²) in [7, 11) is 0. The van der Waals surface area contributed by atoms with Gasteiger partial charge in [-0.25, -0.2) is 0 Å². The molecule has 3 aliphatic rings. The number of H-pyrrole nitrogens is 1.